The largest absolute Gasteiger partial charge is 0.493 e. The fourth-order valence-electron chi connectivity index (χ4n) is 3.92. The summed E-state index contributed by atoms with van der Waals surface area (Å²) in [6, 6.07) is 20.0. The van der Waals surface area contributed by atoms with Crippen molar-refractivity contribution in [2.75, 3.05) is 18.1 Å². The van der Waals surface area contributed by atoms with Crippen molar-refractivity contribution in [2.45, 2.75) is 40.5 Å². The summed E-state index contributed by atoms with van der Waals surface area (Å²) in [5.74, 6) is 1.24. The maximum Gasteiger partial charge on any atom is 0.271 e. The lowest BCUT2D eigenvalue weighted by atomic mass is 10.1. The van der Waals surface area contributed by atoms with Crippen LogP contribution in [-0.4, -0.2) is 24.3 Å². The van der Waals surface area contributed by atoms with Crippen molar-refractivity contribution in [2.24, 2.45) is 4.99 Å². The molecular weight excluding hydrogens is 548 g/mol. The van der Waals surface area contributed by atoms with Gasteiger partial charge in [-0.3, -0.25) is 9.69 Å². The Morgan fingerprint density at radius 2 is 1.46 bits per heavy atom. The van der Waals surface area contributed by atoms with Gasteiger partial charge < -0.3 is 9.47 Å². The summed E-state index contributed by atoms with van der Waals surface area (Å²) in [6.45, 7) is 9.16. The first-order valence-corrected chi connectivity index (χ1v) is 14.2. The van der Waals surface area contributed by atoms with Crippen LogP contribution in [-0.2, 0) is 17.6 Å². The summed E-state index contributed by atoms with van der Waals surface area (Å²) >= 11 is 4.96. The molecule has 0 N–H and O–H groups in total. The van der Waals surface area contributed by atoms with Crippen molar-refractivity contribution < 1.29 is 14.3 Å². The van der Waals surface area contributed by atoms with Crippen LogP contribution in [0.1, 0.15) is 44.4 Å². The number of ether oxygens (including phenoxy) is 2. The van der Waals surface area contributed by atoms with Crippen LogP contribution in [0.2, 0.25) is 0 Å². The molecule has 0 saturated carbocycles. The van der Waals surface area contributed by atoms with E-state index in [9.17, 15) is 4.79 Å². The fraction of sp³-hybridized carbons (Fsp3) is 0.267. The molecule has 1 amide bonds. The minimum atomic E-state index is -0.120. The van der Waals surface area contributed by atoms with Gasteiger partial charge in [-0.05, 0) is 102 Å². The molecular formula is C30H31BrN2O3S. The summed E-state index contributed by atoms with van der Waals surface area (Å²) in [7, 11) is 0. The Morgan fingerprint density at radius 3 is 2.05 bits per heavy atom. The van der Waals surface area contributed by atoms with E-state index in [0.29, 0.717) is 34.8 Å². The number of aliphatic imine (C=N–C) groups is 1. The van der Waals surface area contributed by atoms with Gasteiger partial charge in [-0.2, -0.15) is 0 Å². The molecule has 0 spiro atoms. The molecule has 5 nitrogen and oxygen atoms in total. The normalized spacial score (nSPS) is 15.6. The fourth-order valence-corrected chi connectivity index (χ4v) is 5.39. The number of hydrogen-bond acceptors (Lipinski definition) is 5. The summed E-state index contributed by atoms with van der Waals surface area (Å²) < 4.78 is 12.4. The molecule has 4 rings (SSSR count). The average molecular weight is 580 g/mol. The van der Waals surface area contributed by atoms with Gasteiger partial charge in [0.15, 0.2) is 5.17 Å². The van der Waals surface area contributed by atoms with E-state index in [1.807, 2.05) is 56.3 Å². The van der Waals surface area contributed by atoms with Crippen LogP contribution < -0.4 is 14.4 Å². The Morgan fingerprint density at radius 1 is 0.865 bits per heavy atom. The number of hydrogen-bond donors (Lipinski definition) is 0. The van der Waals surface area contributed by atoms with E-state index in [2.05, 4.69) is 54.0 Å². The Bertz CT molecular complexity index is 1320. The van der Waals surface area contributed by atoms with Gasteiger partial charge in [-0.25, -0.2) is 4.99 Å². The lowest BCUT2D eigenvalue weighted by Gasteiger charge is -2.16. The van der Waals surface area contributed by atoms with E-state index in [4.69, 9.17) is 14.5 Å². The SMILES string of the molecule is CCOc1cc(OCC)c(/C=C2\SC(=Nc3ccc(CC)cc3)N(c3ccc(CC)cc3)C2=O)cc1Br. The third kappa shape index (κ3) is 6.28. The van der Waals surface area contributed by atoms with E-state index in [-0.39, 0.29) is 5.91 Å². The van der Waals surface area contributed by atoms with Crippen molar-refractivity contribution >= 4 is 56.2 Å². The van der Waals surface area contributed by atoms with E-state index in [1.165, 1.54) is 22.9 Å². The van der Waals surface area contributed by atoms with Gasteiger partial charge in [0.25, 0.3) is 5.91 Å². The highest BCUT2D eigenvalue weighted by atomic mass is 79.9. The molecule has 1 heterocycles. The summed E-state index contributed by atoms with van der Waals surface area (Å²) in [5.41, 5.74) is 4.86. The molecule has 0 unspecified atom stereocenters. The highest BCUT2D eigenvalue weighted by Crippen LogP contribution is 2.40. The van der Waals surface area contributed by atoms with Crippen molar-refractivity contribution in [1.29, 1.82) is 0 Å². The lowest BCUT2D eigenvalue weighted by Crippen LogP contribution is -2.28. The first kappa shape index (κ1) is 27.0. The molecule has 1 aliphatic rings. The van der Waals surface area contributed by atoms with Gasteiger partial charge in [-0.15, -0.1) is 0 Å². The Balaban J connectivity index is 1.78. The zero-order chi connectivity index (χ0) is 26.4. The number of carbonyl (C=O) groups is 1. The van der Waals surface area contributed by atoms with Crippen molar-refractivity contribution in [3.05, 3.63) is 86.7 Å². The Hall–Kier alpha value is -3.03. The van der Waals surface area contributed by atoms with Gasteiger partial charge in [0.05, 0.1) is 34.0 Å². The number of benzene rings is 3. The van der Waals surface area contributed by atoms with Crippen LogP contribution in [0.4, 0.5) is 11.4 Å². The van der Waals surface area contributed by atoms with Gasteiger partial charge >= 0.3 is 0 Å². The molecule has 3 aromatic rings. The van der Waals surface area contributed by atoms with E-state index >= 15 is 0 Å². The average Bonchev–Trinajstić information content (AvgIpc) is 3.21. The zero-order valence-corrected chi connectivity index (χ0v) is 24.0. The minimum absolute atomic E-state index is 0.120. The summed E-state index contributed by atoms with van der Waals surface area (Å²) in [5, 5.41) is 0.618. The molecule has 3 aromatic carbocycles. The first-order chi connectivity index (χ1) is 18.0. The number of rotatable bonds is 9. The van der Waals surface area contributed by atoms with Crippen LogP contribution in [0.5, 0.6) is 11.5 Å². The minimum Gasteiger partial charge on any atom is -0.493 e. The molecule has 0 radical (unpaired) electrons. The van der Waals surface area contributed by atoms with Gasteiger partial charge in [-0.1, -0.05) is 38.1 Å². The number of thioether (sulfide) groups is 1. The zero-order valence-electron chi connectivity index (χ0n) is 21.6. The molecule has 0 atom stereocenters. The molecule has 0 bridgehead atoms. The maximum atomic E-state index is 13.8. The number of anilines is 1. The standard InChI is InChI=1S/C30H31BrN2O3S/c1-5-20-9-13-23(14-10-20)32-30-33(24-15-11-21(6-2)12-16-24)29(34)28(37-30)18-22-17-25(31)27(36-8-4)19-26(22)35-7-3/h9-19H,5-8H2,1-4H3/b28-18-,32-30?. The van der Waals surface area contributed by atoms with Crippen LogP contribution in [0.25, 0.3) is 6.08 Å². The topological polar surface area (TPSA) is 51.1 Å². The number of aryl methyl sites for hydroxylation is 2. The number of halogens is 1. The van der Waals surface area contributed by atoms with E-state index in [1.54, 1.807) is 4.90 Å². The predicted molar refractivity (Wildman–Crippen MR) is 158 cm³/mol. The molecule has 7 heteroatoms. The molecule has 1 fully saturated rings. The second-order valence-corrected chi connectivity index (χ2v) is 10.2. The monoisotopic (exact) mass is 578 g/mol. The number of nitrogens with zero attached hydrogens (tertiary/aromatic N) is 2. The van der Waals surface area contributed by atoms with E-state index < -0.39 is 0 Å². The van der Waals surface area contributed by atoms with Crippen LogP contribution in [0.3, 0.4) is 0 Å². The second kappa shape index (κ2) is 12.5. The van der Waals surface area contributed by atoms with E-state index in [0.717, 1.165) is 34.3 Å². The first-order valence-electron chi connectivity index (χ1n) is 12.6. The lowest BCUT2D eigenvalue weighted by molar-refractivity contribution is -0.113. The van der Waals surface area contributed by atoms with Crippen molar-refractivity contribution in [3.63, 3.8) is 0 Å². The highest BCUT2D eigenvalue weighted by molar-refractivity contribution is 9.10. The molecule has 37 heavy (non-hydrogen) atoms. The number of amidine groups is 1. The third-order valence-electron chi connectivity index (χ3n) is 5.93. The molecule has 1 aliphatic heterocycles. The molecule has 0 aliphatic carbocycles. The van der Waals surface area contributed by atoms with Crippen LogP contribution >= 0.6 is 27.7 Å². The molecule has 0 aromatic heterocycles. The molecule has 192 valence electrons. The Labute approximate surface area is 231 Å². The third-order valence-corrected chi connectivity index (χ3v) is 7.52. The van der Waals surface area contributed by atoms with Crippen LogP contribution in [0.15, 0.2) is 75.0 Å². The van der Waals surface area contributed by atoms with Gasteiger partial charge in [0, 0.05) is 11.6 Å². The summed E-state index contributed by atoms with van der Waals surface area (Å²) in [6.07, 6.45) is 3.77. The quantitative estimate of drug-likeness (QED) is 0.240. The summed E-state index contributed by atoms with van der Waals surface area (Å²) in [4.78, 5) is 20.9. The van der Waals surface area contributed by atoms with Gasteiger partial charge in [0.1, 0.15) is 11.5 Å². The number of carbonyl (C=O) groups excluding carboxylic acids is 1. The number of amides is 1. The smallest absolute Gasteiger partial charge is 0.271 e. The van der Waals surface area contributed by atoms with Crippen LogP contribution in [0, 0.1) is 0 Å². The maximum absolute atomic E-state index is 13.8. The predicted octanol–water partition coefficient (Wildman–Crippen LogP) is 8.18. The van der Waals surface area contributed by atoms with Crippen molar-refractivity contribution in [3.8, 4) is 11.5 Å². The second-order valence-electron chi connectivity index (χ2n) is 8.37. The highest BCUT2D eigenvalue weighted by Gasteiger charge is 2.35. The Kier molecular flexibility index (Phi) is 9.11. The molecule has 1 saturated heterocycles. The van der Waals surface area contributed by atoms with Crippen molar-refractivity contribution in [1.82, 2.24) is 0 Å². The van der Waals surface area contributed by atoms with Gasteiger partial charge in [0.2, 0.25) is 0 Å².